The summed E-state index contributed by atoms with van der Waals surface area (Å²) in [6.07, 6.45) is 0.304. The lowest BCUT2D eigenvalue weighted by molar-refractivity contribution is -0.0329. The van der Waals surface area contributed by atoms with Crippen LogP contribution >= 0.6 is 11.8 Å². The van der Waals surface area contributed by atoms with Gasteiger partial charge in [0.05, 0.1) is 6.61 Å². The van der Waals surface area contributed by atoms with Crippen molar-refractivity contribution in [3.05, 3.63) is 29.3 Å². The molecule has 0 spiro atoms. The molecule has 1 aromatic carbocycles. The summed E-state index contributed by atoms with van der Waals surface area (Å²) in [6, 6.07) is 2.12. The molecule has 0 saturated carbocycles. The van der Waals surface area contributed by atoms with Crippen molar-refractivity contribution >= 4 is 11.8 Å². The lowest BCUT2D eigenvalue weighted by atomic mass is 10.1. The van der Waals surface area contributed by atoms with Crippen molar-refractivity contribution in [1.29, 1.82) is 0 Å². The maximum Gasteiger partial charge on any atom is 0.441 e. The van der Waals surface area contributed by atoms with E-state index in [-0.39, 0.29) is 18.3 Å². The van der Waals surface area contributed by atoms with Gasteiger partial charge in [-0.25, -0.2) is 8.78 Å². The molecule has 1 rings (SSSR count). The number of hydrogen-bond acceptors (Lipinski definition) is 3. The van der Waals surface area contributed by atoms with Crippen molar-refractivity contribution < 1.29 is 26.7 Å². The molecule has 1 aromatic rings. The fourth-order valence-corrected chi connectivity index (χ4v) is 1.76. The number of rotatable bonds is 6. The molecule has 0 aliphatic rings. The Morgan fingerprint density at radius 3 is 2.21 bits per heavy atom. The standard InChI is InChI=1S/C11H12F5NOS/c12-8-5-7(1-2-17)6-9(13)10(8)18-3-4-19-11(14,15)16/h5-6H,1-4,17H2. The van der Waals surface area contributed by atoms with Crippen LogP contribution in [0.1, 0.15) is 5.56 Å². The highest BCUT2D eigenvalue weighted by Crippen LogP contribution is 2.30. The number of thioether (sulfide) groups is 1. The first-order valence-corrected chi connectivity index (χ1v) is 6.33. The van der Waals surface area contributed by atoms with Crippen LogP contribution in [0.15, 0.2) is 12.1 Å². The Morgan fingerprint density at radius 1 is 1.16 bits per heavy atom. The highest BCUT2D eigenvalue weighted by molar-refractivity contribution is 8.00. The first-order valence-electron chi connectivity index (χ1n) is 5.35. The van der Waals surface area contributed by atoms with Crippen molar-refractivity contribution in [2.45, 2.75) is 11.9 Å². The Bertz CT molecular complexity index is 401. The highest BCUT2D eigenvalue weighted by Gasteiger charge is 2.27. The molecular formula is C11H12F5NOS. The normalized spacial score (nSPS) is 11.7. The van der Waals surface area contributed by atoms with Gasteiger partial charge in [0.2, 0.25) is 0 Å². The van der Waals surface area contributed by atoms with E-state index < -0.39 is 35.3 Å². The van der Waals surface area contributed by atoms with Crippen LogP contribution in [0.4, 0.5) is 22.0 Å². The Kier molecular flexibility index (Phi) is 5.86. The minimum Gasteiger partial charge on any atom is -0.487 e. The zero-order valence-electron chi connectivity index (χ0n) is 9.77. The number of halogens is 5. The molecular weight excluding hydrogens is 289 g/mol. The number of benzene rings is 1. The zero-order valence-corrected chi connectivity index (χ0v) is 10.6. The Labute approximate surface area is 111 Å². The quantitative estimate of drug-likeness (QED) is 0.648. The van der Waals surface area contributed by atoms with E-state index in [2.05, 4.69) is 0 Å². The lowest BCUT2D eigenvalue weighted by Gasteiger charge is -2.10. The van der Waals surface area contributed by atoms with Gasteiger partial charge in [0.15, 0.2) is 17.4 Å². The molecule has 0 fully saturated rings. The van der Waals surface area contributed by atoms with Gasteiger partial charge in [-0.1, -0.05) is 0 Å². The van der Waals surface area contributed by atoms with Crippen LogP contribution in [-0.2, 0) is 6.42 Å². The van der Waals surface area contributed by atoms with Crippen molar-refractivity contribution in [1.82, 2.24) is 0 Å². The summed E-state index contributed by atoms with van der Waals surface area (Å²) in [5, 5.41) is 0. The van der Waals surface area contributed by atoms with Crippen LogP contribution in [0.3, 0.4) is 0 Å². The van der Waals surface area contributed by atoms with Gasteiger partial charge < -0.3 is 10.5 Å². The predicted octanol–water partition coefficient (Wildman–Crippen LogP) is 3.10. The topological polar surface area (TPSA) is 35.2 Å². The Morgan fingerprint density at radius 2 is 1.74 bits per heavy atom. The van der Waals surface area contributed by atoms with Gasteiger partial charge in [-0.2, -0.15) is 13.2 Å². The van der Waals surface area contributed by atoms with E-state index in [1.807, 2.05) is 0 Å². The number of alkyl halides is 3. The maximum absolute atomic E-state index is 13.5. The number of hydrogen-bond donors (Lipinski definition) is 1. The monoisotopic (exact) mass is 301 g/mol. The van der Waals surface area contributed by atoms with E-state index in [9.17, 15) is 22.0 Å². The van der Waals surface area contributed by atoms with Crippen molar-refractivity contribution in [2.24, 2.45) is 5.73 Å². The Hall–Kier alpha value is -1.02. The molecule has 19 heavy (non-hydrogen) atoms. The molecule has 0 radical (unpaired) electrons. The molecule has 0 atom stereocenters. The van der Waals surface area contributed by atoms with E-state index in [0.717, 1.165) is 12.1 Å². The van der Waals surface area contributed by atoms with Crippen molar-refractivity contribution in [3.8, 4) is 5.75 Å². The summed E-state index contributed by atoms with van der Waals surface area (Å²) in [7, 11) is 0. The van der Waals surface area contributed by atoms with Gasteiger partial charge in [-0.05, 0) is 42.4 Å². The first-order chi connectivity index (χ1) is 8.83. The predicted molar refractivity (Wildman–Crippen MR) is 63.1 cm³/mol. The van der Waals surface area contributed by atoms with Gasteiger partial charge in [-0.3, -0.25) is 0 Å². The molecule has 0 aliphatic carbocycles. The van der Waals surface area contributed by atoms with Gasteiger partial charge >= 0.3 is 5.51 Å². The maximum atomic E-state index is 13.5. The molecule has 8 heteroatoms. The second-order valence-electron chi connectivity index (χ2n) is 3.57. The molecule has 0 aliphatic heterocycles. The molecule has 0 bridgehead atoms. The van der Waals surface area contributed by atoms with E-state index in [0.29, 0.717) is 12.0 Å². The summed E-state index contributed by atoms with van der Waals surface area (Å²) >= 11 is -0.311. The Balaban J connectivity index is 2.59. The molecule has 0 aromatic heterocycles. The third kappa shape index (κ3) is 5.65. The van der Waals surface area contributed by atoms with Crippen LogP contribution in [-0.4, -0.2) is 24.4 Å². The number of ether oxygens (including phenoxy) is 1. The SMILES string of the molecule is NCCc1cc(F)c(OCCSC(F)(F)F)c(F)c1. The minimum absolute atomic E-state index is 0.237. The average Bonchev–Trinajstić information content (AvgIpc) is 2.26. The summed E-state index contributed by atoms with van der Waals surface area (Å²) in [5.41, 5.74) is 1.24. The second-order valence-corrected chi connectivity index (χ2v) is 4.73. The number of nitrogens with two attached hydrogens (primary N) is 1. The molecule has 108 valence electrons. The first kappa shape index (κ1) is 16.0. The van der Waals surface area contributed by atoms with Crippen LogP contribution < -0.4 is 10.5 Å². The van der Waals surface area contributed by atoms with E-state index in [1.54, 1.807) is 0 Å². The molecule has 0 unspecified atom stereocenters. The average molecular weight is 301 g/mol. The molecule has 0 heterocycles. The van der Waals surface area contributed by atoms with Crippen LogP contribution in [0.25, 0.3) is 0 Å². The van der Waals surface area contributed by atoms with Crippen LogP contribution in [0.5, 0.6) is 5.75 Å². The van der Waals surface area contributed by atoms with Gasteiger partial charge in [-0.15, -0.1) is 0 Å². The minimum atomic E-state index is -4.38. The summed E-state index contributed by atoms with van der Waals surface area (Å²) in [6.45, 7) is -0.199. The fraction of sp³-hybridized carbons (Fsp3) is 0.455. The van der Waals surface area contributed by atoms with Crippen LogP contribution in [0, 0.1) is 11.6 Å². The molecule has 2 nitrogen and oxygen atoms in total. The van der Waals surface area contributed by atoms with Gasteiger partial charge in [0.25, 0.3) is 0 Å². The van der Waals surface area contributed by atoms with E-state index in [1.165, 1.54) is 0 Å². The summed E-state index contributed by atoms with van der Waals surface area (Å²) in [4.78, 5) is 0. The summed E-state index contributed by atoms with van der Waals surface area (Å²) in [5.74, 6) is -2.99. The van der Waals surface area contributed by atoms with Gasteiger partial charge in [0.1, 0.15) is 0 Å². The third-order valence-corrected chi connectivity index (χ3v) is 2.78. The second kappa shape index (κ2) is 6.95. The smallest absolute Gasteiger partial charge is 0.441 e. The molecule has 0 amide bonds. The van der Waals surface area contributed by atoms with E-state index in [4.69, 9.17) is 10.5 Å². The lowest BCUT2D eigenvalue weighted by Crippen LogP contribution is -2.09. The molecule has 0 saturated heterocycles. The van der Waals surface area contributed by atoms with Crippen molar-refractivity contribution in [2.75, 3.05) is 18.9 Å². The molecule has 2 N–H and O–H groups in total. The largest absolute Gasteiger partial charge is 0.487 e. The van der Waals surface area contributed by atoms with E-state index >= 15 is 0 Å². The summed E-state index contributed by atoms with van der Waals surface area (Å²) < 4.78 is 67.1. The van der Waals surface area contributed by atoms with Crippen LogP contribution in [0.2, 0.25) is 0 Å². The fourth-order valence-electron chi connectivity index (χ4n) is 1.36. The third-order valence-electron chi connectivity index (χ3n) is 2.09. The van der Waals surface area contributed by atoms with Crippen molar-refractivity contribution in [3.63, 3.8) is 0 Å². The zero-order chi connectivity index (χ0) is 14.5. The van der Waals surface area contributed by atoms with Gasteiger partial charge in [0, 0.05) is 5.75 Å². The highest BCUT2D eigenvalue weighted by atomic mass is 32.2.